The topological polar surface area (TPSA) is 59.2 Å². The van der Waals surface area contributed by atoms with Gasteiger partial charge in [-0.2, -0.15) is 0 Å². The van der Waals surface area contributed by atoms with Crippen LogP contribution < -0.4 is 5.73 Å². The fourth-order valence-corrected chi connectivity index (χ4v) is 1.74. The van der Waals surface area contributed by atoms with Gasteiger partial charge >= 0.3 is 0 Å². The summed E-state index contributed by atoms with van der Waals surface area (Å²) in [6, 6.07) is 0.0848. The van der Waals surface area contributed by atoms with Crippen LogP contribution in [0, 0.1) is 0 Å². The van der Waals surface area contributed by atoms with Crippen molar-refractivity contribution in [1.82, 2.24) is 9.88 Å². The second kappa shape index (κ2) is 5.82. The fourth-order valence-electron chi connectivity index (χ4n) is 1.19. The van der Waals surface area contributed by atoms with Crippen LogP contribution in [-0.4, -0.2) is 28.9 Å². The van der Waals surface area contributed by atoms with Crippen LogP contribution in [0.5, 0.6) is 0 Å². The van der Waals surface area contributed by atoms with Crippen LogP contribution in [0.4, 0.5) is 0 Å². The van der Waals surface area contributed by atoms with Gasteiger partial charge in [-0.25, -0.2) is 4.98 Å². The van der Waals surface area contributed by atoms with E-state index < -0.39 is 0 Å². The number of carbonyl (C=O) groups is 1. The Bertz CT molecular complexity index is 298. The number of aromatic nitrogens is 1. The van der Waals surface area contributed by atoms with Crippen molar-refractivity contribution in [3.05, 3.63) is 16.6 Å². The summed E-state index contributed by atoms with van der Waals surface area (Å²) in [5, 5.41) is 1.95. The Morgan fingerprint density at radius 2 is 2.47 bits per heavy atom. The number of nitrogens with zero attached hydrogens (tertiary/aromatic N) is 2. The third-order valence-electron chi connectivity index (χ3n) is 2.12. The van der Waals surface area contributed by atoms with Gasteiger partial charge in [-0.3, -0.25) is 4.79 Å². The first-order valence-electron chi connectivity index (χ1n) is 4.96. The highest BCUT2D eigenvalue weighted by atomic mass is 32.1. The number of nitrogens with two attached hydrogens (primary N) is 1. The Morgan fingerprint density at radius 3 is 3.00 bits per heavy atom. The Hall–Kier alpha value is -0.940. The SMILES string of the molecule is CC(N)CCC(=O)N(C)Cc1cscn1. The first kappa shape index (κ1) is 12.1. The van der Waals surface area contributed by atoms with Crippen molar-refractivity contribution in [2.75, 3.05) is 7.05 Å². The molecule has 0 bridgehead atoms. The number of thiazole rings is 1. The van der Waals surface area contributed by atoms with E-state index in [4.69, 9.17) is 5.73 Å². The number of carbonyl (C=O) groups excluding carboxylic acids is 1. The third-order valence-corrected chi connectivity index (χ3v) is 2.76. The minimum Gasteiger partial charge on any atom is -0.340 e. The Labute approximate surface area is 94.1 Å². The second-order valence-corrected chi connectivity index (χ2v) is 4.46. The molecule has 0 spiro atoms. The fraction of sp³-hybridized carbons (Fsp3) is 0.600. The number of hydrogen-bond acceptors (Lipinski definition) is 4. The van der Waals surface area contributed by atoms with Gasteiger partial charge in [0.1, 0.15) is 0 Å². The summed E-state index contributed by atoms with van der Waals surface area (Å²) in [4.78, 5) is 17.4. The molecule has 0 radical (unpaired) electrons. The van der Waals surface area contributed by atoms with Crippen molar-refractivity contribution in [1.29, 1.82) is 0 Å². The maximum Gasteiger partial charge on any atom is 0.222 e. The highest BCUT2D eigenvalue weighted by molar-refractivity contribution is 7.07. The average molecular weight is 227 g/mol. The standard InChI is InChI=1S/C10H17N3OS/c1-8(11)3-4-10(14)13(2)5-9-6-15-7-12-9/h6-8H,3-5,11H2,1-2H3. The highest BCUT2D eigenvalue weighted by Gasteiger charge is 2.10. The quantitative estimate of drug-likeness (QED) is 0.823. The van der Waals surface area contributed by atoms with Gasteiger partial charge in [0.2, 0.25) is 5.91 Å². The second-order valence-electron chi connectivity index (χ2n) is 3.75. The minimum absolute atomic E-state index is 0.0848. The minimum atomic E-state index is 0.0848. The molecule has 0 saturated heterocycles. The Balaban J connectivity index is 2.33. The van der Waals surface area contributed by atoms with E-state index in [1.165, 1.54) is 0 Å². The zero-order valence-corrected chi connectivity index (χ0v) is 9.96. The molecule has 15 heavy (non-hydrogen) atoms. The highest BCUT2D eigenvalue weighted by Crippen LogP contribution is 2.06. The van der Waals surface area contributed by atoms with E-state index in [9.17, 15) is 4.79 Å². The van der Waals surface area contributed by atoms with Crippen molar-refractivity contribution < 1.29 is 4.79 Å². The number of amides is 1. The van der Waals surface area contributed by atoms with Gasteiger partial charge in [0, 0.05) is 24.9 Å². The maximum atomic E-state index is 11.6. The predicted octanol–water partition coefficient (Wildman–Crippen LogP) is 1.23. The molecule has 1 atom stereocenters. The maximum absolute atomic E-state index is 11.6. The van der Waals surface area contributed by atoms with Gasteiger partial charge < -0.3 is 10.6 Å². The summed E-state index contributed by atoms with van der Waals surface area (Å²) in [7, 11) is 1.79. The number of hydrogen-bond donors (Lipinski definition) is 1. The molecule has 0 aromatic carbocycles. The van der Waals surface area contributed by atoms with E-state index in [1.54, 1.807) is 28.8 Å². The molecule has 1 aromatic heterocycles. The molecule has 0 aliphatic rings. The molecule has 1 aromatic rings. The predicted molar refractivity (Wildman–Crippen MR) is 61.5 cm³/mol. The lowest BCUT2D eigenvalue weighted by Gasteiger charge is -2.16. The molecule has 0 fully saturated rings. The van der Waals surface area contributed by atoms with Gasteiger partial charge in [-0.15, -0.1) is 11.3 Å². The Morgan fingerprint density at radius 1 is 1.73 bits per heavy atom. The molecule has 5 heteroatoms. The largest absolute Gasteiger partial charge is 0.340 e. The molecule has 0 aliphatic heterocycles. The third kappa shape index (κ3) is 4.40. The zero-order valence-electron chi connectivity index (χ0n) is 9.14. The van der Waals surface area contributed by atoms with E-state index in [2.05, 4.69) is 4.98 Å². The molecule has 1 amide bonds. The lowest BCUT2D eigenvalue weighted by atomic mass is 10.2. The average Bonchev–Trinajstić information content (AvgIpc) is 2.66. The molecular formula is C10H17N3OS. The molecule has 4 nitrogen and oxygen atoms in total. The molecule has 2 N–H and O–H groups in total. The van der Waals surface area contributed by atoms with Crippen LogP contribution in [-0.2, 0) is 11.3 Å². The van der Waals surface area contributed by atoms with Gasteiger partial charge in [-0.05, 0) is 13.3 Å². The Kier molecular flexibility index (Phi) is 4.71. The molecule has 0 saturated carbocycles. The summed E-state index contributed by atoms with van der Waals surface area (Å²) >= 11 is 1.54. The first-order chi connectivity index (χ1) is 7.09. The van der Waals surface area contributed by atoms with E-state index >= 15 is 0 Å². The molecule has 84 valence electrons. The van der Waals surface area contributed by atoms with Gasteiger partial charge in [-0.1, -0.05) is 0 Å². The first-order valence-corrected chi connectivity index (χ1v) is 5.90. The van der Waals surface area contributed by atoms with Crippen LogP contribution in [0.1, 0.15) is 25.5 Å². The van der Waals surface area contributed by atoms with Crippen molar-refractivity contribution in [3.63, 3.8) is 0 Å². The zero-order chi connectivity index (χ0) is 11.3. The monoisotopic (exact) mass is 227 g/mol. The molecule has 1 rings (SSSR count). The van der Waals surface area contributed by atoms with E-state index in [0.717, 1.165) is 12.1 Å². The van der Waals surface area contributed by atoms with Crippen LogP contribution >= 0.6 is 11.3 Å². The summed E-state index contributed by atoms with van der Waals surface area (Å²) in [5.41, 5.74) is 8.31. The van der Waals surface area contributed by atoms with E-state index in [0.29, 0.717) is 13.0 Å². The lowest BCUT2D eigenvalue weighted by molar-refractivity contribution is -0.130. The lowest BCUT2D eigenvalue weighted by Crippen LogP contribution is -2.28. The van der Waals surface area contributed by atoms with E-state index in [-0.39, 0.29) is 11.9 Å². The normalized spacial score (nSPS) is 12.5. The van der Waals surface area contributed by atoms with Crippen LogP contribution in [0.2, 0.25) is 0 Å². The molecule has 0 aliphatic carbocycles. The van der Waals surface area contributed by atoms with Gasteiger partial charge in [0.25, 0.3) is 0 Å². The smallest absolute Gasteiger partial charge is 0.222 e. The van der Waals surface area contributed by atoms with Crippen molar-refractivity contribution >= 4 is 17.2 Å². The van der Waals surface area contributed by atoms with E-state index in [1.807, 2.05) is 12.3 Å². The van der Waals surface area contributed by atoms with Crippen molar-refractivity contribution in [3.8, 4) is 0 Å². The molecule has 1 unspecified atom stereocenters. The summed E-state index contributed by atoms with van der Waals surface area (Å²) in [6.45, 7) is 2.50. The molecular weight excluding hydrogens is 210 g/mol. The van der Waals surface area contributed by atoms with Crippen LogP contribution in [0.3, 0.4) is 0 Å². The molecule has 1 heterocycles. The summed E-state index contributed by atoms with van der Waals surface area (Å²) in [5.74, 6) is 0.125. The van der Waals surface area contributed by atoms with Crippen molar-refractivity contribution in [2.24, 2.45) is 5.73 Å². The van der Waals surface area contributed by atoms with Gasteiger partial charge in [0.05, 0.1) is 17.7 Å². The van der Waals surface area contributed by atoms with Crippen LogP contribution in [0.25, 0.3) is 0 Å². The van der Waals surface area contributed by atoms with Crippen LogP contribution in [0.15, 0.2) is 10.9 Å². The number of rotatable bonds is 5. The summed E-state index contributed by atoms with van der Waals surface area (Å²) < 4.78 is 0. The van der Waals surface area contributed by atoms with Crippen molar-refractivity contribution in [2.45, 2.75) is 32.4 Å². The van der Waals surface area contributed by atoms with Gasteiger partial charge in [0.15, 0.2) is 0 Å². The summed E-state index contributed by atoms with van der Waals surface area (Å²) in [6.07, 6.45) is 1.25.